The molecular formula is C11H22N2. The molecule has 0 aliphatic heterocycles. The first kappa shape index (κ1) is 10.6. The fourth-order valence-corrected chi connectivity index (χ4v) is 1.94. The summed E-state index contributed by atoms with van der Waals surface area (Å²) in [5, 5.41) is 8.05. The molecule has 0 radical (unpaired) electrons. The minimum Gasteiger partial charge on any atom is -0.361 e. The van der Waals surface area contributed by atoms with E-state index in [1.54, 1.807) is 0 Å². The van der Waals surface area contributed by atoms with Crippen molar-refractivity contribution in [1.29, 1.82) is 5.41 Å². The molecule has 2 nitrogen and oxygen atoms in total. The molecule has 0 amide bonds. The molecule has 0 heterocycles. The second-order valence-corrected chi connectivity index (χ2v) is 4.42. The summed E-state index contributed by atoms with van der Waals surface area (Å²) >= 11 is 0. The molecule has 0 unspecified atom stereocenters. The van der Waals surface area contributed by atoms with Crippen LogP contribution in [0.5, 0.6) is 0 Å². The lowest BCUT2D eigenvalue weighted by Gasteiger charge is -2.31. The van der Waals surface area contributed by atoms with Crippen LogP contribution < -0.4 is 0 Å². The summed E-state index contributed by atoms with van der Waals surface area (Å²) in [6, 6.07) is 0.467. The molecule has 1 aliphatic rings. The van der Waals surface area contributed by atoms with Crippen molar-refractivity contribution in [1.82, 2.24) is 4.90 Å². The van der Waals surface area contributed by atoms with Gasteiger partial charge in [-0.3, -0.25) is 5.41 Å². The molecular weight excluding hydrogens is 160 g/mol. The number of amidine groups is 1. The third-order valence-electron chi connectivity index (χ3n) is 3.15. The van der Waals surface area contributed by atoms with E-state index in [0.29, 0.717) is 12.0 Å². The first-order valence-electron chi connectivity index (χ1n) is 5.44. The Morgan fingerprint density at radius 3 is 2.23 bits per heavy atom. The monoisotopic (exact) mass is 182 g/mol. The number of nitrogens with zero attached hydrogens (tertiary/aromatic N) is 1. The fraction of sp³-hybridized carbons (Fsp3) is 0.909. The summed E-state index contributed by atoms with van der Waals surface area (Å²) in [6.07, 6.45) is 6.47. The topological polar surface area (TPSA) is 27.1 Å². The highest BCUT2D eigenvalue weighted by molar-refractivity contribution is 5.81. The lowest BCUT2D eigenvalue weighted by atomic mass is 9.88. The maximum absolute atomic E-state index is 8.05. The van der Waals surface area contributed by atoms with Gasteiger partial charge in [-0.1, -0.05) is 19.3 Å². The van der Waals surface area contributed by atoms with Crippen LogP contribution in [0.25, 0.3) is 0 Å². The summed E-state index contributed by atoms with van der Waals surface area (Å²) in [5.41, 5.74) is 0. The lowest BCUT2D eigenvalue weighted by molar-refractivity contribution is 0.351. The van der Waals surface area contributed by atoms with E-state index in [4.69, 9.17) is 5.41 Å². The SMILES string of the molecule is CC(C)N(C)C(=N)C1CCCCC1. The van der Waals surface area contributed by atoms with Crippen LogP contribution in [-0.2, 0) is 0 Å². The Morgan fingerprint density at radius 1 is 1.23 bits per heavy atom. The van der Waals surface area contributed by atoms with Gasteiger partial charge in [-0.15, -0.1) is 0 Å². The highest BCUT2D eigenvalue weighted by Crippen LogP contribution is 2.25. The van der Waals surface area contributed by atoms with Crippen LogP contribution >= 0.6 is 0 Å². The van der Waals surface area contributed by atoms with E-state index >= 15 is 0 Å². The van der Waals surface area contributed by atoms with Crippen LogP contribution in [-0.4, -0.2) is 23.8 Å². The predicted octanol–water partition coefficient (Wildman–Crippen LogP) is 2.88. The molecule has 0 saturated heterocycles. The van der Waals surface area contributed by atoms with E-state index in [1.807, 2.05) is 7.05 Å². The van der Waals surface area contributed by atoms with Crippen molar-refractivity contribution in [3.8, 4) is 0 Å². The third-order valence-corrected chi connectivity index (χ3v) is 3.15. The van der Waals surface area contributed by atoms with Gasteiger partial charge in [0, 0.05) is 19.0 Å². The number of hydrogen-bond acceptors (Lipinski definition) is 1. The maximum Gasteiger partial charge on any atom is 0.0989 e. The molecule has 0 atom stereocenters. The molecule has 1 aliphatic carbocycles. The number of rotatable bonds is 2. The first-order valence-corrected chi connectivity index (χ1v) is 5.44. The Kier molecular flexibility index (Phi) is 3.76. The van der Waals surface area contributed by atoms with Crippen molar-refractivity contribution in [3.63, 3.8) is 0 Å². The van der Waals surface area contributed by atoms with Gasteiger partial charge < -0.3 is 4.90 Å². The number of nitrogens with one attached hydrogen (secondary N) is 1. The van der Waals surface area contributed by atoms with E-state index in [1.165, 1.54) is 32.1 Å². The van der Waals surface area contributed by atoms with Crippen molar-refractivity contribution >= 4 is 5.84 Å². The van der Waals surface area contributed by atoms with E-state index in [-0.39, 0.29) is 0 Å². The van der Waals surface area contributed by atoms with Gasteiger partial charge in [0.05, 0.1) is 5.84 Å². The second-order valence-electron chi connectivity index (χ2n) is 4.42. The summed E-state index contributed by atoms with van der Waals surface area (Å²) in [7, 11) is 2.04. The van der Waals surface area contributed by atoms with Gasteiger partial charge in [0.15, 0.2) is 0 Å². The van der Waals surface area contributed by atoms with Crippen LogP contribution in [0.2, 0.25) is 0 Å². The van der Waals surface area contributed by atoms with Crippen LogP contribution in [0.15, 0.2) is 0 Å². The lowest BCUT2D eigenvalue weighted by Crippen LogP contribution is -2.37. The highest BCUT2D eigenvalue weighted by Gasteiger charge is 2.21. The molecule has 0 spiro atoms. The minimum atomic E-state index is 0.467. The van der Waals surface area contributed by atoms with E-state index in [9.17, 15) is 0 Å². The van der Waals surface area contributed by atoms with Crippen LogP contribution in [0.1, 0.15) is 46.0 Å². The molecule has 0 aromatic carbocycles. The standard InChI is InChI=1S/C11H22N2/c1-9(2)13(3)11(12)10-7-5-4-6-8-10/h9-10,12H,4-8H2,1-3H3. The quantitative estimate of drug-likeness (QED) is 0.516. The van der Waals surface area contributed by atoms with Gasteiger partial charge in [0.25, 0.3) is 0 Å². The van der Waals surface area contributed by atoms with Crippen LogP contribution in [0, 0.1) is 11.3 Å². The summed E-state index contributed by atoms with van der Waals surface area (Å²) in [4.78, 5) is 2.11. The molecule has 13 heavy (non-hydrogen) atoms. The van der Waals surface area contributed by atoms with Crippen molar-refractivity contribution in [3.05, 3.63) is 0 Å². The van der Waals surface area contributed by atoms with Gasteiger partial charge in [-0.05, 0) is 26.7 Å². The molecule has 2 heteroatoms. The maximum atomic E-state index is 8.05. The normalized spacial score (nSPS) is 19.1. The zero-order valence-electron chi connectivity index (χ0n) is 9.14. The van der Waals surface area contributed by atoms with Crippen molar-refractivity contribution in [2.24, 2.45) is 5.92 Å². The molecule has 1 fully saturated rings. The van der Waals surface area contributed by atoms with E-state index in [0.717, 1.165) is 5.84 Å². The first-order chi connectivity index (χ1) is 6.13. The Bertz CT molecular complexity index is 169. The Labute approximate surface area is 81.8 Å². The molecule has 0 bridgehead atoms. The Balaban J connectivity index is 2.45. The predicted molar refractivity (Wildman–Crippen MR) is 57.2 cm³/mol. The van der Waals surface area contributed by atoms with Crippen molar-refractivity contribution < 1.29 is 0 Å². The Morgan fingerprint density at radius 2 is 1.77 bits per heavy atom. The second kappa shape index (κ2) is 4.64. The van der Waals surface area contributed by atoms with Gasteiger partial charge in [0.2, 0.25) is 0 Å². The van der Waals surface area contributed by atoms with Crippen LogP contribution in [0.4, 0.5) is 0 Å². The van der Waals surface area contributed by atoms with Crippen molar-refractivity contribution in [2.75, 3.05) is 7.05 Å². The van der Waals surface area contributed by atoms with E-state index < -0.39 is 0 Å². The third kappa shape index (κ3) is 2.71. The molecule has 0 aromatic rings. The highest BCUT2D eigenvalue weighted by atomic mass is 15.2. The van der Waals surface area contributed by atoms with Crippen molar-refractivity contribution in [2.45, 2.75) is 52.0 Å². The summed E-state index contributed by atoms with van der Waals surface area (Å²) in [5.74, 6) is 1.40. The van der Waals surface area contributed by atoms with Gasteiger partial charge in [-0.2, -0.15) is 0 Å². The average molecular weight is 182 g/mol. The zero-order chi connectivity index (χ0) is 9.84. The molecule has 1 N–H and O–H groups in total. The summed E-state index contributed by atoms with van der Waals surface area (Å²) < 4.78 is 0. The largest absolute Gasteiger partial charge is 0.361 e. The molecule has 1 saturated carbocycles. The van der Waals surface area contributed by atoms with Crippen LogP contribution in [0.3, 0.4) is 0 Å². The Hall–Kier alpha value is -0.530. The van der Waals surface area contributed by atoms with Gasteiger partial charge in [0.1, 0.15) is 0 Å². The van der Waals surface area contributed by atoms with Gasteiger partial charge >= 0.3 is 0 Å². The molecule has 76 valence electrons. The minimum absolute atomic E-state index is 0.467. The summed E-state index contributed by atoms with van der Waals surface area (Å²) in [6.45, 7) is 4.30. The smallest absolute Gasteiger partial charge is 0.0989 e. The fourth-order valence-electron chi connectivity index (χ4n) is 1.94. The zero-order valence-corrected chi connectivity index (χ0v) is 9.14. The molecule has 0 aromatic heterocycles. The average Bonchev–Trinajstić information content (AvgIpc) is 2.17. The van der Waals surface area contributed by atoms with Gasteiger partial charge in [-0.25, -0.2) is 0 Å². The molecule has 1 rings (SSSR count). The van der Waals surface area contributed by atoms with E-state index in [2.05, 4.69) is 18.7 Å². The number of hydrogen-bond donors (Lipinski definition) is 1.